The van der Waals surface area contributed by atoms with Crippen LogP contribution in [0.2, 0.25) is 0 Å². The first-order chi connectivity index (χ1) is 11.5. The van der Waals surface area contributed by atoms with Crippen molar-refractivity contribution in [2.24, 2.45) is 0 Å². The van der Waals surface area contributed by atoms with E-state index in [2.05, 4.69) is 71.7 Å². The van der Waals surface area contributed by atoms with Crippen molar-refractivity contribution in [3.8, 4) is 0 Å². The number of hydrogen-bond acceptors (Lipinski definition) is 4. The van der Waals surface area contributed by atoms with Gasteiger partial charge in [0.25, 0.3) is 0 Å². The third-order valence-corrected chi connectivity index (χ3v) is 3.86. The van der Waals surface area contributed by atoms with Crippen molar-refractivity contribution >= 4 is 23.1 Å². The van der Waals surface area contributed by atoms with Crippen LogP contribution in [0.1, 0.15) is 22.4 Å². The van der Waals surface area contributed by atoms with Crippen LogP contribution in [0.4, 0.5) is 23.1 Å². The third-order valence-electron chi connectivity index (χ3n) is 3.86. The average Bonchev–Trinajstić information content (AvgIpc) is 2.50. The zero-order valence-electron chi connectivity index (χ0n) is 14.5. The van der Waals surface area contributed by atoms with Gasteiger partial charge in [-0.3, -0.25) is 0 Å². The van der Waals surface area contributed by atoms with Crippen LogP contribution >= 0.6 is 0 Å². The van der Waals surface area contributed by atoms with Crippen LogP contribution in [0.3, 0.4) is 0 Å². The number of hydrogen-bond donors (Lipinski definition) is 2. The van der Waals surface area contributed by atoms with Crippen LogP contribution in [0.25, 0.3) is 0 Å². The highest BCUT2D eigenvalue weighted by Gasteiger charge is 2.07. The molecule has 24 heavy (non-hydrogen) atoms. The lowest BCUT2D eigenvalue weighted by Crippen LogP contribution is -2.04. The Labute approximate surface area is 143 Å². The highest BCUT2D eigenvalue weighted by Crippen LogP contribution is 2.24. The first-order valence-electron chi connectivity index (χ1n) is 8.04. The van der Waals surface area contributed by atoms with E-state index in [9.17, 15) is 0 Å². The standard InChI is InChI=1S/C20H22N4/c1-13-7-5-10-17(11-13)22-18-12-16(4)21-20(23-18)24-19-14(2)8-6-9-15(19)3/h5-12H,1-4H3,(H2,21,22,23,24). The predicted molar refractivity (Wildman–Crippen MR) is 100 cm³/mol. The fourth-order valence-corrected chi connectivity index (χ4v) is 2.68. The summed E-state index contributed by atoms with van der Waals surface area (Å²) < 4.78 is 0. The van der Waals surface area contributed by atoms with Gasteiger partial charge in [-0.15, -0.1) is 0 Å². The normalized spacial score (nSPS) is 10.5. The second kappa shape index (κ2) is 6.71. The average molecular weight is 318 g/mol. The number of benzene rings is 2. The highest BCUT2D eigenvalue weighted by atomic mass is 15.1. The molecule has 0 aliphatic carbocycles. The summed E-state index contributed by atoms with van der Waals surface area (Å²) in [5, 5.41) is 6.71. The molecule has 1 aromatic heterocycles. The molecule has 0 bridgehead atoms. The van der Waals surface area contributed by atoms with Gasteiger partial charge in [-0.2, -0.15) is 4.98 Å². The minimum absolute atomic E-state index is 0.600. The van der Waals surface area contributed by atoms with Crippen LogP contribution in [0.5, 0.6) is 0 Å². The molecule has 0 fully saturated rings. The summed E-state index contributed by atoms with van der Waals surface area (Å²) in [7, 11) is 0. The summed E-state index contributed by atoms with van der Waals surface area (Å²) in [6.07, 6.45) is 0. The second-order valence-corrected chi connectivity index (χ2v) is 6.10. The smallest absolute Gasteiger partial charge is 0.229 e. The van der Waals surface area contributed by atoms with Gasteiger partial charge in [0.05, 0.1) is 0 Å². The van der Waals surface area contributed by atoms with Crippen LogP contribution in [-0.4, -0.2) is 9.97 Å². The molecule has 0 saturated heterocycles. The largest absolute Gasteiger partial charge is 0.340 e. The highest BCUT2D eigenvalue weighted by molar-refractivity contribution is 5.65. The van der Waals surface area contributed by atoms with Crippen LogP contribution in [0.15, 0.2) is 48.5 Å². The minimum atomic E-state index is 0.600. The molecule has 0 radical (unpaired) electrons. The number of nitrogens with one attached hydrogen (secondary N) is 2. The molecule has 122 valence electrons. The van der Waals surface area contributed by atoms with Gasteiger partial charge in [-0.1, -0.05) is 30.3 Å². The Morgan fingerprint density at radius 2 is 1.46 bits per heavy atom. The maximum atomic E-state index is 4.60. The summed E-state index contributed by atoms with van der Waals surface area (Å²) in [5.41, 5.74) is 6.55. The van der Waals surface area contributed by atoms with Gasteiger partial charge in [-0.05, 0) is 56.5 Å². The van der Waals surface area contributed by atoms with Crippen molar-refractivity contribution in [3.05, 3.63) is 70.9 Å². The fourth-order valence-electron chi connectivity index (χ4n) is 2.68. The third kappa shape index (κ3) is 3.71. The number of aryl methyl sites for hydroxylation is 4. The Morgan fingerprint density at radius 3 is 2.17 bits per heavy atom. The zero-order chi connectivity index (χ0) is 17.1. The Morgan fingerprint density at radius 1 is 0.750 bits per heavy atom. The van der Waals surface area contributed by atoms with Crippen molar-refractivity contribution in [2.45, 2.75) is 27.7 Å². The van der Waals surface area contributed by atoms with Gasteiger partial charge in [0, 0.05) is 23.1 Å². The topological polar surface area (TPSA) is 49.8 Å². The summed E-state index contributed by atoms with van der Waals surface area (Å²) in [6.45, 7) is 8.21. The predicted octanol–water partition coefficient (Wildman–Crippen LogP) is 5.20. The van der Waals surface area contributed by atoms with Crippen LogP contribution < -0.4 is 10.6 Å². The van der Waals surface area contributed by atoms with E-state index in [1.807, 2.05) is 25.1 Å². The van der Waals surface area contributed by atoms with E-state index in [1.54, 1.807) is 0 Å². The van der Waals surface area contributed by atoms with Crippen molar-refractivity contribution in [1.29, 1.82) is 0 Å². The molecule has 2 N–H and O–H groups in total. The molecular weight excluding hydrogens is 296 g/mol. The maximum Gasteiger partial charge on any atom is 0.229 e. The molecule has 0 aliphatic rings. The Kier molecular flexibility index (Phi) is 4.47. The molecule has 1 heterocycles. The second-order valence-electron chi connectivity index (χ2n) is 6.10. The molecule has 3 aromatic rings. The Hall–Kier alpha value is -2.88. The number of rotatable bonds is 4. The minimum Gasteiger partial charge on any atom is -0.340 e. The van der Waals surface area contributed by atoms with Crippen molar-refractivity contribution < 1.29 is 0 Å². The lowest BCUT2D eigenvalue weighted by Gasteiger charge is -2.13. The molecule has 0 aliphatic heterocycles. The van der Waals surface area contributed by atoms with E-state index >= 15 is 0 Å². The number of para-hydroxylation sites is 1. The summed E-state index contributed by atoms with van der Waals surface area (Å²) in [5.74, 6) is 1.38. The van der Waals surface area contributed by atoms with Crippen LogP contribution in [0, 0.1) is 27.7 Å². The van der Waals surface area contributed by atoms with E-state index in [0.29, 0.717) is 5.95 Å². The molecule has 4 nitrogen and oxygen atoms in total. The molecule has 2 aromatic carbocycles. The maximum absolute atomic E-state index is 4.60. The van der Waals surface area contributed by atoms with Gasteiger partial charge in [0.2, 0.25) is 5.95 Å². The molecule has 4 heteroatoms. The number of anilines is 4. The fraction of sp³-hybridized carbons (Fsp3) is 0.200. The number of nitrogens with zero attached hydrogens (tertiary/aromatic N) is 2. The van der Waals surface area contributed by atoms with Gasteiger partial charge in [0.15, 0.2) is 0 Å². The summed E-state index contributed by atoms with van der Waals surface area (Å²) in [4.78, 5) is 9.11. The Balaban J connectivity index is 1.89. The molecule has 0 unspecified atom stereocenters. The molecule has 0 amide bonds. The molecular formula is C20H22N4. The summed E-state index contributed by atoms with van der Waals surface area (Å²) in [6, 6.07) is 16.4. The first-order valence-corrected chi connectivity index (χ1v) is 8.04. The number of aromatic nitrogens is 2. The van der Waals surface area contributed by atoms with E-state index in [0.717, 1.165) is 22.9 Å². The first kappa shape index (κ1) is 16.0. The van der Waals surface area contributed by atoms with Gasteiger partial charge < -0.3 is 10.6 Å². The lowest BCUT2D eigenvalue weighted by atomic mass is 10.1. The van der Waals surface area contributed by atoms with E-state index in [4.69, 9.17) is 0 Å². The zero-order valence-corrected chi connectivity index (χ0v) is 14.5. The van der Waals surface area contributed by atoms with Crippen molar-refractivity contribution in [3.63, 3.8) is 0 Å². The quantitative estimate of drug-likeness (QED) is 0.694. The van der Waals surface area contributed by atoms with Gasteiger partial charge >= 0.3 is 0 Å². The van der Waals surface area contributed by atoms with E-state index < -0.39 is 0 Å². The molecule has 0 atom stereocenters. The van der Waals surface area contributed by atoms with Crippen molar-refractivity contribution in [1.82, 2.24) is 9.97 Å². The lowest BCUT2D eigenvalue weighted by molar-refractivity contribution is 1.10. The SMILES string of the molecule is Cc1cccc(Nc2cc(C)nc(Nc3c(C)cccc3C)n2)c1. The van der Waals surface area contributed by atoms with E-state index in [1.165, 1.54) is 16.7 Å². The molecule has 0 saturated carbocycles. The molecule has 0 spiro atoms. The summed E-state index contributed by atoms with van der Waals surface area (Å²) >= 11 is 0. The monoisotopic (exact) mass is 318 g/mol. The van der Waals surface area contributed by atoms with Crippen molar-refractivity contribution in [2.75, 3.05) is 10.6 Å². The van der Waals surface area contributed by atoms with Gasteiger partial charge in [0.1, 0.15) is 5.82 Å². The van der Waals surface area contributed by atoms with Gasteiger partial charge in [-0.25, -0.2) is 4.98 Å². The molecule has 3 rings (SSSR count). The van der Waals surface area contributed by atoms with Crippen LogP contribution in [-0.2, 0) is 0 Å². The van der Waals surface area contributed by atoms with E-state index in [-0.39, 0.29) is 0 Å². The Bertz CT molecular complexity index is 851.